The van der Waals surface area contributed by atoms with Crippen molar-refractivity contribution in [3.05, 3.63) is 133 Å². The zero-order valence-corrected chi connectivity index (χ0v) is 44.0. The number of rotatable bonds is 17. The average Bonchev–Trinajstić information content (AvgIpc) is 4.45. The van der Waals surface area contributed by atoms with Crippen molar-refractivity contribution in [1.29, 1.82) is 0 Å². The Bertz CT molecular complexity index is 3340. The molecule has 6 N–H and O–H groups in total. The summed E-state index contributed by atoms with van der Waals surface area (Å²) in [5.41, 5.74) is 11.6. The molecule has 2 amide bonds. The van der Waals surface area contributed by atoms with E-state index in [0.717, 1.165) is 48.6 Å². The number of piperazine rings is 1. The van der Waals surface area contributed by atoms with E-state index in [-0.39, 0.29) is 85.6 Å². The first-order valence-corrected chi connectivity index (χ1v) is 26.7. The summed E-state index contributed by atoms with van der Waals surface area (Å²) in [7, 11) is 0. The van der Waals surface area contributed by atoms with Crippen LogP contribution in [0.2, 0.25) is 0 Å². The number of pyridine rings is 2. The maximum Gasteiger partial charge on any atom is 0.255 e. The molecule has 1 saturated carbocycles. The molecule has 1 aliphatic carbocycles. The highest BCUT2D eigenvalue weighted by atomic mass is 16.5. The van der Waals surface area contributed by atoms with E-state index in [1.54, 1.807) is 53.6 Å². The third-order valence-corrected chi connectivity index (χ3v) is 15.2. The van der Waals surface area contributed by atoms with Crippen molar-refractivity contribution < 1.29 is 43.6 Å². The zero-order valence-electron chi connectivity index (χ0n) is 44.0. The maximum atomic E-state index is 14.2. The number of nitrogens with one attached hydrogen (secondary N) is 1. The van der Waals surface area contributed by atoms with Crippen LogP contribution in [0, 0.1) is 17.8 Å². The van der Waals surface area contributed by atoms with Crippen molar-refractivity contribution in [2.75, 3.05) is 41.8 Å². The number of carbonyl (C=O) groups excluding carboxylic acids is 2. The number of para-hydroxylation sites is 1. The normalized spacial score (nSPS) is 21.2. The molecule has 3 saturated heterocycles. The molecule has 4 fully saturated rings. The van der Waals surface area contributed by atoms with Crippen molar-refractivity contribution in [2.24, 2.45) is 5.92 Å². The van der Waals surface area contributed by atoms with Crippen LogP contribution in [0.1, 0.15) is 87.7 Å². The fourth-order valence-corrected chi connectivity index (χ4v) is 11.2. The van der Waals surface area contributed by atoms with Gasteiger partial charge in [-0.15, -0.1) is 10.2 Å². The lowest BCUT2D eigenvalue weighted by Crippen LogP contribution is -2.54. The van der Waals surface area contributed by atoms with Crippen LogP contribution in [0.5, 0.6) is 23.3 Å². The number of aromatic nitrogens is 7. The minimum absolute atomic E-state index is 0.00177. The molecule has 7 aromatic rings. The van der Waals surface area contributed by atoms with Gasteiger partial charge in [-0.1, -0.05) is 44.0 Å². The minimum Gasteiger partial charge on any atom is -0.507 e. The lowest BCUT2D eigenvalue weighted by atomic mass is 9.91. The number of nitrogens with two attached hydrogens (primary N) is 1. The quantitative estimate of drug-likeness (QED) is 0.0680. The Morgan fingerprint density at radius 2 is 1.65 bits per heavy atom. The number of nitrogens with zero attached hydrogens (tertiary/aromatic N) is 10. The number of nitrogen functional groups attached to an aromatic ring is 1. The highest BCUT2D eigenvalue weighted by molar-refractivity contribution is 5.91. The van der Waals surface area contributed by atoms with Gasteiger partial charge in [0.05, 0.1) is 29.7 Å². The smallest absolute Gasteiger partial charge is 0.255 e. The molecule has 11 rings (SSSR count). The van der Waals surface area contributed by atoms with E-state index >= 15 is 0 Å². The number of benzene rings is 2. The Labute approximate surface area is 456 Å². The second-order valence-corrected chi connectivity index (χ2v) is 20.9. The highest BCUT2D eigenvalue weighted by Crippen LogP contribution is 2.41. The fraction of sp³-hybridized carbons (Fsp3) is 0.379. The summed E-state index contributed by atoms with van der Waals surface area (Å²) < 4.78 is 25.7. The summed E-state index contributed by atoms with van der Waals surface area (Å²) in [4.78, 5) is 47.3. The van der Waals surface area contributed by atoms with Crippen molar-refractivity contribution in [2.45, 2.75) is 108 Å². The number of β-amino-alcohol motifs (C(OH)–C–C–N with tert-alkyl or cyclic N) is 1. The topological polar surface area (TPSA) is 266 Å². The van der Waals surface area contributed by atoms with Crippen LogP contribution < -0.4 is 35.1 Å². The molecule has 6 atom stereocenters. The number of likely N-dealkylation sites (tertiary alicyclic amines) is 1. The van der Waals surface area contributed by atoms with E-state index in [1.807, 2.05) is 81.4 Å². The number of hydrogen-bond acceptors (Lipinski definition) is 18. The van der Waals surface area contributed by atoms with Gasteiger partial charge in [-0.25, -0.2) is 15.0 Å². The van der Waals surface area contributed by atoms with Crippen LogP contribution in [0.15, 0.2) is 114 Å². The Kier molecular flexibility index (Phi) is 15.0. The number of anilines is 3. The van der Waals surface area contributed by atoms with Crippen LogP contribution in [-0.2, 0) is 16.2 Å². The molecule has 0 spiro atoms. The first-order chi connectivity index (χ1) is 38.3. The van der Waals surface area contributed by atoms with Gasteiger partial charge in [-0.2, -0.15) is 0 Å². The first kappa shape index (κ1) is 52.3. The van der Waals surface area contributed by atoms with Crippen LogP contribution in [0.25, 0.3) is 16.9 Å². The minimum atomic E-state index is -0.894. The lowest BCUT2D eigenvalue weighted by Gasteiger charge is -2.43. The Morgan fingerprint density at radius 1 is 0.861 bits per heavy atom. The number of fused-ring (bicyclic) bond motifs is 2. The third kappa shape index (κ3) is 11.3. The summed E-state index contributed by atoms with van der Waals surface area (Å²) in [6.07, 6.45) is 9.46. The van der Waals surface area contributed by atoms with Gasteiger partial charge in [0.2, 0.25) is 17.7 Å². The number of aliphatic hydroxyl groups is 2. The molecule has 79 heavy (non-hydrogen) atoms. The van der Waals surface area contributed by atoms with Crippen molar-refractivity contribution in [3.63, 3.8) is 0 Å². The molecule has 0 radical (unpaired) electrons. The Hall–Kier alpha value is -8.74. The van der Waals surface area contributed by atoms with Gasteiger partial charge >= 0.3 is 0 Å². The molecule has 8 heterocycles. The highest BCUT2D eigenvalue weighted by Gasteiger charge is 2.44. The number of amides is 2. The van der Waals surface area contributed by atoms with Crippen LogP contribution in [0.3, 0.4) is 0 Å². The third-order valence-electron chi connectivity index (χ3n) is 15.2. The number of phenolic OH excluding ortho intramolecular Hbond substituents is 1. The molecular formula is C58H62N12O9. The van der Waals surface area contributed by atoms with E-state index in [2.05, 4.69) is 57.3 Å². The van der Waals surface area contributed by atoms with Gasteiger partial charge in [-0.05, 0) is 90.9 Å². The van der Waals surface area contributed by atoms with E-state index in [1.165, 1.54) is 4.90 Å². The van der Waals surface area contributed by atoms with Crippen LogP contribution in [0.4, 0.5) is 17.2 Å². The summed E-state index contributed by atoms with van der Waals surface area (Å²) in [5, 5.41) is 46.3. The molecule has 2 bridgehead atoms. The maximum absolute atomic E-state index is 14.2. The SMILES string of the molecule is CC(C)[C@H](C(=O)N1C[C@H](O)C[C@H]1C(=O)N[C@@H](C)c1ccc(-n2ccnc2CO)cc1)c1cc(OCC#Cc2ccc(OC3CC(Oc4cc(N5C6CC[C@@H]5CN(c5cc(-c7ccccc7O)nnc5N)C6)ccn4)C3)cn2)no1. The van der Waals surface area contributed by atoms with Crippen LogP contribution in [-0.4, -0.2) is 130 Å². The average molecular weight is 1070 g/mol. The predicted octanol–water partition coefficient (Wildman–Crippen LogP) is 5.74. The number of aromatic hydroxyl groups is 1. The summed E-state index contributed by atoms with van der Waals surface area (Å²) in [5.74, 6) is 6.81. The molecule has 21 heteroatoms. The zero-order chi connectivity index (χ0) is 54.7. The lowest BCUT2D eigenvalue weighted by molar-refractivity contribution is -0.141. The molecular weight excluding hydrogens is 1010 g/mol. The second-order valence-electron chi connectivity index (χ2n) is 20.9. The fourth-order valence-electron chi connectivity index (χ4n) is 11.2. The Balaban J connectivity index is 0.627. The van der Waals surface area contributed by atoms with E-state index < -0.39 is 24.1 Å². The molecule has 21 nitrogen and oxygen atoms in total. The Morgan fingerprint density at radius 3 is 2.39 bits per heavy atom. The largest absolute Gasteiger partial charge is 0.507 e. The number of phenols is 1. The van der Waals surface area contributed by atoms with Gasteiger partial charge < -0.3 is 64.4 Å². The molecule has 4 aliphatic rings. The van der Waals surface area contributed by atoms with Crippen molar-refractivity contribution in [3.8, 4) is 52.0 Å². The van der Waals surface area contributed by atoms with Gasteiger partial charge in [0, 0.05) is 98.6 Å². The van der Waals surface area contributed by atoms with Crippen molar-refractivity contribution in [1.82, 2.24) is 45.1 Å². The molecule has 408 valence electrons. The predicted molar refractivity (Wildman–Crippen MR) is 290 cm³/mol. The number of imidazole rings is 1. The summed E-state index contributed by atoms with van der Waals surface area (Å²) in [6.45, 7) is 6.91. The molecule has 2 aromatic carbocycles. The summed E-state index contributed by atoms with van der Waals surface area (Å²) >= 11 is 0. The standard InChI is InChI=1S/C58H62N12O9/c1-34(2)55(58(75)69-32-42(72)24-49(69)57(74)63-35(3)36-10-13-38(14-11-36)68-21-20-60-52(68)33-71)51-28-54(66-79-51)76-22-6-7-37-12-17-43(29-62-37)77-44-25-45(26-44)78-53-23-39(18-19-61-53)70-40-15-16-41(70)31-67(30-40)48-27-47(64-65-56(48)59)46-8-4-5-9-50(46)73/h4-5,8-14,17-21,23,27-29,34-35,40-42,44-45,49,55,71-73H,15-16,22,24-26,30-33H2,1-3H3,(H2,59,65)(H,63,74)/t35-,40+,41?,42+,44?,45?,49-,55-/m0/s1. The van der Waals surface area contributed by atoms with Gasteiger partial charge in [0.15, 0.2) is 18.2 Å². The molecule has 1 unspecified atom stereocenters. The number of carbonyl (C=O) groups is 2. The van der Waals surface area contributed by atoms with Gasteiger partial charge in [0.1, 0.15) is 53.8 Å². The van der Waals surface area contributed by atoms with E-state index in [9.17, 15) is 24.9 Å². The molecule has 5 aromatic heterocycles. The van der Waals surface area contributed by atoms with Crippen molar-refractivity contribution >= 4 is 29.0 Å². The number of aliphatic hydroxyl groups excluding tert-OH is 2. The molecule has 3 aliphatic heterocycles. The number of ether oxygens (including phenoxy) is 3. The second kappa shape index (κ2) is 22.7. The van der Waals surface area contributed by atoms with E-state index in [0.29, 0.717) is 53.1 Å². The van der Waals surface area contributed by atoms with Gasteiger partial charge in [0.25, 0.3) is 5.88 Å². The van der Waals surface area contributed by atoms with E-state index in [4.69, 9.17) is 24.5 Å². The van der Waals surface area contributed by atoms with Crippen LogP contribution >= 0.6 is 0 Å². The summed E-state index contributed by atoms with van der Waals surface area (Å²) in [6, 6.07) is 25.0. The first-order valence-electron chi connectivity index (χ1n) is 26.7. The monoisotopic (exact) mass is 1070 g/mol. The number of hydrogen-bond donors (Lipinski definition) is 5. The van der Waals surface area contributed by atoms with Gasteiger partial charge in [-0.3, -0.25) is 9.59 Å².